The van der Waals surface area contributed by atoms with Crippen LogP contribution in [0.15, 0.2) is 48.6 Å². The number of carbonyl (C=O) groups is 1. The predicted octanol–water partition coefficient (Wildman–Crippen LogP) is 19.2. The lowest BCUT2D eigenvalue weighted by Gasteiger charge is -2.40. The minimum absolute atomic E-state index is 0.175. The van der Waals surface area contributed by atoms with Gasteiger partial charge < -0.3 is 40.3 Å². The number of allylic oxidation sites excluding steroid dienone is 7. The van der Waals surface area contributed by atoms with Crippen molar-refractivity contribution in [2.24, 2.45) is 0 Å². The van der Waals surface area contributed by atoms with E-state index in [0.717, 1.165) is 51.4 Å². The first-order valence-corrected chi connectivity index (χ1v) is 35.4. The average molecular weight is 1140 g/mol. The second-order valence-corrected chi connectivity index (χ2v) is 24.7. The fraction of sp³-hybridized carbons (Fsp3) is 0.875. The van der Waals surface area contributed by atoms with E-state index in [1.54, 1.807) is 6.08 Å². The van der Waals surface area contributed by atoms with Crippen molar-refractivity contribution in [1.29, 1.82) is 0 Å². The molecule has 0 aromatic heterocycles. The molecular weight excluding hydrogens is 1010 g/mol. The van der Waals surface area contributed by atoms with Crippen molar-refractivity contribution in [3.05, 3.63) is 48.6 Å². The van der Waals surface area contributed by atoms with Gasteiger partial charge in [0.15, 0.2) is 6.29 Å². The van der Waals surface area contributed by atoms with Crippen LogP contribution in [0.5, 0.6) is 0 Å². The molecule has 0 radical (unpaired) electrons. The Bertz CT molecular complexity index is 1420. The van der Waals surface area contributed by atoms with Crippen molar-refractivity contribution in [3.8, 4) is 0 Å². The van der Waals surface area contributed by atoms with Gasteiger partial charge in [0.25, 0.3) is 0 Å². The van der Waals surface area contributed by atoms with E-state index in [-0.39, 0.29) is 12.5 Å². The maximum absolute atomic E-state index is 13.1. The Hall–Kier alpha value is -1.85. The Labute approximate surface area is 501 Å². The molecule has 1 fully saturated rings. The van der Waals surface area contributed by atoms with Crippen LogP contribution in [0.2, 0.25) is 0 Å². The zero-order valence-corrected chi connectivity index (χ0v) is 53.3. The summed E-state index contributed by atoms with van der Waals surface area (Å²) >= 11 is 0. The maximum Gasteiger partial charge on any atom is 0.220 e. The van der Waals surface area contributed by atoms with Crippen LogP contribution in [0, 0.1) is 0 Å². The number of hydrogen-bond donors (Lipinski definition) is 6. The summed E-state index contributed by atoms with van der Waals surface area (Å²) in [6.07, 6.45) is 76.4. The van der Waals surface area contributed by atoms with Crippen LogP contribution in [0.25, 0.3) is 0 Å². The summed E-state index contributed by atoms with van der Waals surface area (Å²) in [6, 6.07) is -0.809. The Morgan fingerprint density at radius 3 is 1.07 bits per heavy atom. The van der Waals surface area contributed by atoms with E-state index < -0.39 is 49.5 Å². The molecule has 0 spiro atoms. The third-order valence-corrected chi connectivity index (χ3v) is 16.9. The van der Waals surface area contributed by atoms with Crippen molar-refractivity contribution in [2.75, 3.05) is 13.2 Å². The molecule has 9 nitrogen and oxygen atoms in total. The summed E-state index contributed by atoms with van der Waals surface area (Å²) < 4.78 is 11.3. The molecule has 1 aliphatic heterocycles. The summed E-state index contributed by atoms with van der Waals surface area (Å²) in [5.41, 5.74) is 0. The van der Waals surface area contributed by atoms with Gasteiger partial charge in [-0.3, -0.25) is 4.79 Å². The Balaban J connectivity index is 2.13. The summed E-state index contributed by atoms with van der Waals surface area (Å²) in [4.78, 5) is 13.1. The molecule has 0 aliphatic carbocycles. The van der Waals surface area contributed by atoms with Gasteiger partial charge in [0.2, 0.25) is 5.91 Å². The predicted molar refractivity (Wildman–Crippen MR) is 346 cm³/mol. The maximum atomic E-state index is 13.1. The molecule has 81 heavy (non-hydrogen) atoms. The standard InChI is InChI=1S/C72H135NO8/c1-3-5-7-9-11-13-15-17-19-21-23-25-27-29-31-32-33-34-36-37-39-41-43-45-47-49-51-53-55-57-59-61-66(75)65(64-80-72-71(79)70(78)69(77)67(63-74)81-72)73-68(76)62-60-58-56-54-52-50-48-46-44-42-40-38-35-30-28-26-24-22-20-18-16-14-12-10-8-6-4-2/h16,18,22,24,28,30,59,61,65-67,69-72,74-75,77-79H,3-15,17,19-21,23,25-27,29,31-58,60,62-64H2,1-2H3,(H,73,76)/b18-16-,24-22-,30-28-,61-59+. The third kappa shape index (κ3) is 50.1. The van der Waals surface area contributed by atoms with E-state index in [9.17, 15) is 30.3 Å². The molecular formula is C72H135NO8. The molecule has 0 saturated carbocycles. The zero-order chi connectivity index (χ0) is 58.6. The number of aliphatic hydroxyl groups excluding tert-OH is 5. The number of carbonyl (C=O) groups excluding carboxylic acids is 1. The summed E-state index contributed by atoms with van der Waals surface area (Å²) in [5, 5.41) is 54.8. The minimum Gasteiger partial charge on any atom is -0.394 e. The molecule has 1 aliphatic rings. The van der Waals surface area contributed by atoms with Gasteiger partial charge in [-0.2, -0.15) is 0 Å². The minimum atomic E-state index is -1.57. The quantitative estimate of drug-likeness (QED) is 0.0261. The van der Waals surface area contributed by atoms with Gasteiger partial charge in [0, 0.05) is 6.42 Å². The van der Waals surface area contributed by atoms with E-state index >= 15 is 0 Å². The molecule has 0 bridgehead atoms. The van der Waals surface area contributed by atoms with Crippen LogP contribution in [-0.4, -0.2) is 87.5 Å². The molecule has 476 valence electrons. The smallest absolute Gasteiger partial charge is 0.220 e. The molecule has 0 aromatic carbocycles. The van der Waals surface area contributed by atoms with Gasteiger partial charge in [-0.15, -0.1) is 0 Å². The van der Waals surface area contributed by atoms with Gasteiger partial charge in [0.1, 0.15) is 24.4 Å². The lowest BCUT2D eigenvalue weighted by Crippen LogP contribution is -2.60. The molecule has 1 saturated heterocycles. The Morgan fingerprint density at radius 1 is 0.420 bits per heavy atom. The number of nitrogens with one attached hydrogen (secondary N) is 1. The average Bonchev–Trinajstić information content (AvgIpc) is 3.48. The number of unbranched alkanes of at least 4 members (excludes halogenated alkanes) is 46. The van der Waals surface area contributed by atoms with Gasteiger partial charge >= 0.3 is 0 Å². The van der Waals surface area contributed by atoms with Crippen molar-refractivity contribution < 1.29 is 39.8 Å². The van der Waals surface area contributed by atoms with Crippen molar-refractivity contribution in [1.82, 2.24) is 5.32 Å². The molecule has 1 heterocycles. The normalized spacial score (nSPS) is 18.6. The van der Waals surface area contributed by atoms with Crippen LogP contribution in [0.3, 0.4) is 0 Å². The highest BCUT2D eigenvalue weighted by Gasteiger charge is 2.44. The Morgan fingerprint density at radius 2 is 0.728 bits per heavy atom. The second-order valence-electron chi connectivity index (χ2n) is 24.7. The molecule has 9 heteroatoms. The molecule has 1 amide bonds. The van der Waals surface area contributed by atoms with E-state index in [1.807, 2.05) is 6.08 Å². The van der Waals surface area contributed by atoms with Crippen LogP contribution in [0.4, 0.5) is 0 Å². The number of amides is 1. The fourth-order valence-electron chi connectivity index (χ4n) is 11.3. The highest BCUT2D eigenvalue weighted by Crippen LogP contribution is 2.23. The lowest BCUT2D eigenvalue weighted by molar-refractivity contribution is -0.302. The van der Waals surface area contributed by atoms with Crippen molar-refractivity contribution in [3.63, 3.8) is 0 Å². The summed E-state index contributed by atoms with van der Waals surface area (Å²) in [6.45, 7) is 3.81. The van der Waals surface area contributed by atoms with Crippen LogP contribution in [-0.2, 0) is 14.3 Å². The van der Waals surface area contributed by atoms with Gasteiger partial charge in [-0.25, -0.2) is 0 Å². The van der Waals surface area contributed by atoms with Crippen molar-refractivity contribution in [2.45, 2.75) is 391 Å². The topological polar surface area (TPSA) is 149 Å². The molecule has 7 unspecified atom stereocenters. The number of ether oxygens (including phenoxy) is 2. The van der Waals surface area contributed by atoms with Gasteiger partial charge in [-0.05, 0) is 57.8 Å². The first-order valence-electron chi connectivity index (χ1n) is 35.4. The zero-order valence-electron chi connectivity index (χ0n) is 53.3. The highest BCUT2D eigenvalue weighted by atomic mass is 16.7. The fourth-order valence-corrected chi connectivity index (χ4v) is 11.3. The van der Waals surface area contributed by atoms with Crippen molar-refractivity contribution >= 4 is 5.91 Å². The van der Waals surface area contributed by atoms with E-state index in [1.165, 1.54) is 276 Å². The molecule has 1 rings (SSSR count). The van der Waals surface area contributed by atoms with Crippen LogP contribution in [0.1, 0.15) is 348 Å². The SMILES string of the molecule is CCCCCCC/C=C\C/C=C\C/C=C\CCCCCCCCCCCCCCC(=O)NC(COC1OC(CO)C(O)C(O)C1O)C(O)/C=C/CCCCCCCCCCCCCCCCCCCCCCCCCCCCCCC. The third-order valence-electron chi connectivity index (χ3n) is 16.9. The number of hydrogen-bond acceptors (Lipinski definition) is 8. The first-order chi connectivity index (χ1) is 39.8. The van der Waals surface area contributed by atoms with E-state index in [2.05, 4.69) is 55.6 Å². The monoisotopic (exact) mass is 1140 g/mol. The first kappa shape index (κ1) is 77.2. The summed E-state index contributed by atoms with van der Waals surface area (Å²) in [7, 11) is 0. The van der Waals surface area contributed by atoms with E-state index in [4.69, 9.17) is 9.47 Å². The van der Waals surface area contributed by atoms with E-state index in [0.29, 0.717) is 6.42 Å². The van der Waals surface area contributed by atoms with Crippen LogP contribution < -0.4 is 5.32 Å². The largest absolute Gasteiger partial charge is 0.394 e. The number of aliphatic hydroxyl groups is 5. The Kier molecular flexibility index (Phi) is 58.3. The molecule has 7 atom stereocenters. The highest BCUT2D eigenvalue weighted by molar-refractivity contribution is 5.76. The van der Waals surface area contributed by atoms with Gasteiger partial charge in [-0.1, -0.05) is 332 Å². The molecule has 6 N–H and O–H groups in total. The molecule has 0 aromatic rings. The second kappa shape index (κ2) is 61.2. The van der Waals surface area contributed by atoms with Crippen LogP contribution >= 0.6 is 0 Å². The summed E-state index contributed by atoms with van der Waals surface area (Å²) in [5.74, 6) is -0.175. The number of rotatable bonds is 62. The lowest BCUT2D eigenvalue weighted by atomic mass is 9.99. The van der Waals surface area contributed by atoms with Gasteiger partial charge in [0.05, 0.1) is 25.4 Å².